The minimum Gasteiger partial charge on any atom is -0.465 e. The molecule has 0 amide bonds. The fourth-order valence-electron chi connectivity index (χ4n) is 1.48. The Bertz CT molecular complexity index is 553. The highest BCUT2D eigenvalue weighted by molar-refractivity contribution is 9.10. The van der Waals surface area contributed by atoms with Crippen LogP contribution in [0.3, 0.4) is 0 Å². The van der Waals surface area contributed by atoms with Crippen molar-refractivity contribution in [2.24, 2.45) is 0 Å². The van der Waals surface area contributed by atoms with E-state index in [1.807, 2.05) is 19.1 Å². The standard InChI is InChI=1S/C12H8Br2ClFO/c1-6-2-3-11(17-6)12(14)7-4-9(15)8(13)5-10(7)16/h2-5,12H,1H3. The van der Waals surface area contributed by atoms with E-state index in [9.17, 15) is 4.39 Å². The first-order valence-corrected chi connectivity index (χ1v) is 6.92. The van der Waals surface area contributed by atoms with Crippen LogP contribution in [0, 0.1) is 12.7 Å². The van der Waals surface area contributed by atoms with E-state index in [1.54, 1.807) is 6.07 Å². The maximum Gasteiger partial charge on any atom is 0.129 e. The van der Waals surface area contributed by atoms with Crippen molar-refractivity contribution in [1.82, 2.24) is 0 Å². The first kappa shape index (κ1) is 13.1. The Kier molecular flexibility index (Phi) is 3.95. The quantitative estimate of drug-likeness (QED) is 0.485. The Morgan fingerprint density at radius 3 is 2.65 bits per heavy atom. The summed E-state index contributed by atoms with van der Waals surface area (Å²) in [7, 11) is 0. The molecule has 1 aromatic heterocycles. The number of rotatable bonds is 2. The van der Waals surface area contributed by atoms with Crippen LogP contribution in [0.15, 0.2) is 33.2 Å². The van der Waals surface area contributed by atoms with Crippen molar-refractivity contribution in [3.05, 3.63) is 56.7 Å². The lowest BCUT2D eigenvalue weighted by atomic mass is 10.1. The molecule has 0 saturated carbocycles. The van der Waals surface area contributed by atoms with E-state index in [4.69, 9.17) is 16.0 Å². The number of halogens is 4. The van der Waals surface area contributed by atoms with E-state index >= 15 is 0 Å². The van der Waals surface area contributed by atoms with Gasteiger partial charge in [-0.25, -0.2) is 4.39 Å². The van der Waals surface area contributed by atoms with Crippen LogP contribution >= 0.6 is 43.5 Å². The van der Waals surface area contributed by atoms with Crippen LogP contribution in [-0.4, -0.2) is 0 Å². The van der Waals surface area contributed by atoms with Gasteiger partial charge in [0.05, 0.1) is 5.02 Å². The lowest BCUT2D eigenvalue weighted by Gasteiger charge is -2.10. The summed E-state index contributed by atoms with van der Waals surface area (Å²) in [5, 5.41) is 0.467. The van der Waals surface area contributed by atoms with E-state index in [0.29, 0.717) is 20.8 Å². The molecule has 5 heteroatoms. The largest absolute Gasteiger partial charge is 0.465 e. The molecule has 0 bridgehead atoms. The van der Waals surface area contributed by atoms with Gasteiger partial charge >= 0.3 is 0 Å². The Labute approximate surface area is 120 Å². The average Bonchev–Trinajstić information content (AvgIpc) is 2.69. The van der Waals surface area contributed by atoms with Crippen molar-refractivity contribution >= 4 is 43.5 Å². The molecule has 2 aromatic rings. The molecule has 1 nitrogen and oxygen atoms in total. The number of benzene rings is 1. The highest BCUT2D eigenvalue weighted by atomic mass is 79.9. The summed E-state index contributed by atoms with van der Waals surface area (Å²) in [6.45, 7) is 1.84. The Hall–Kier alpha value is -0.320. The van der Waals surface area contributed by atoms with Crippen molar-refractivity contribution in [3.63, 3.8) is 0 Å². The topological polar surface area (TPSA) is 13.1 Å². The maximum atomic E-state index is 13.8. The summed E-state index contributed by atoms with van der Waals surface area (Å²) >= 11 is 12.5. The summed E-state index contributed by atoms with van der Waals surface area (Å²) in [6.07, 6.45) is 0. The molecule has 1 atom stereocenters. The normalized spacial score (nSPS) is 12.8. The SMILES string of the molecule is Cc1ccc(C(Br)c2cc(Cl)c(Br)cc2F)o1. The highest BCUT2D eigenvalue weighted by Gasteiger charge is 2.19. The van der Waals surface area contributed by atoms with Gasteiger partial charge in [0.1, 0.15) is 22.2 Å². The summed E-state index contributed by atoms with van der Waals surface area (Å²) < 4.78 is 19.8. The van der Waals surface area contributed by atoms with Crippen LogP contribution in [0.5, 0.6) is 0 Å². The van der Waals surface area contributed by atoms with Crippen LogP contribution in [0.1, 0.15) is 21.9 Å². The van der Waals surface area contributed by atoms with Gasteiger partial charge in [-0.1, -0.05) is 27.5 Å². The smallest absolute Gasteiger partial charge is 0.129 e. The number of furan rings is 1. The van der Waals surface area contributed by atoms with E-state index in [-0.39, 0.29) is 10.6 Å². The van der Waals surface area contributed by atoms with Crippen molar-refractivity contribution in [2.75, 3.05) is 0 Å². The van der Waals surface area contributed by atoms with E-state index in [1.165, 1.54) is 6.07 Å². The molecule has 0 N–H and O–H groups in total. The molecule has 0 radical (unpaired) electrons. The van der Waals surface area contributed by atoms with Gasteiger partial charge in [-0.2, -0.15) is 0 Å². The molecule has 0 aliphatic heterocycles. The molecular formula is C12H8Br2ClFO. The van der Waals surface area contributed by atoms with Gasteiger partial charge in [0.25, 0.3) is 0 Å². The second-order valence-electron chi connectivity index (χ2n) is 3.60. The lowest BCUT2D eigenvalue weighted by Crippen LogP contribution is -1.95. The molecular weight excluding hydrogens is 374 g/mol. The zero-order chi connectivity index (χ0) is 12.6. The van der Waals surface area contributed by atoms with Crippen molar-refractivity contribution in [2.45, 2.75) is 11.8 Å². The molecule has 1 aromatic carbocycles. The third-order valence-corrected chi connectivity index (χ3v) is 4.47. The van der Waals surface area contributed by atoms with Gasteiger partial charge in [0.15, 0.2) is 0 Å². The van der Waals surface area contributed by atoms with Crippen LogP contribution in [-0.2, 0) is 0 Å². The Balaban J connectivity index is 2.43. The molecule has 0 aliphatic carbocycles. The van der Waals surface area contributed by atoms with Crippen molar-refractivity contribution < 1.29 is 8.81 Å². The molecule has 17 heavy (non-hydrogen) atoms. The van der Waals surface area contributed by atoms with Crippen LogP contribution in [0.2, 0.25) is 5.02 Å². The zero-order valence-corrected chi connectivity index (χ0v) is 12.7. The number of aryl methyl sites for hydroxylation is 1. The third-order valence-electron chi connectivity index (χ3n) is 2.32. The van der Waals surface area contributed by atoms with Gasteiger partial charge in [0, 0.05) is 10.0 Å². The molecule has 1 unspecified atom stereocenters. The fraction of sp³-hybridized carbons (Fsp3) is 0.167. The number of hydrogen-bond donors (Lipinski definition) is 0. The third kappa shape index (κ3) is 2.75. The monoisotopic (exact) mass is 380 g/mol. The Morgan fingerprint density at radius 1 is 1.35 bits per heavy atom. The van der Waals surface area contributed by atoms with E-state index < -0.39 is 0 Å². The first-order chi connectivity index (χ1) is 7.99. The summed E-state index contributed by atoms with van der Waals surface area (Å²) in [6, 6.07) is 6.58. The Morgan fingerprint density at radius 2 is 2.06 bits per heavy atom. The van der Waals surface area contributed by atoms with E-state index in [2.05, 4.69) is 31.9 Å². The van der Waals surface area contributed by atoms with Crippen molar-refractivity contribution in [1.29, 1.82) is 0 Å². The number of hydrogen-bond acceptors (Lipinski definition) is 1. The highest BCUT2D eigenvalue weighted by Crippen LogP contribution is 2.36. The van der Waals surface area contributed by atoms with Gasteiger partial charge in [-0.3, -0.25) is 0 Å². The molecule has 1 heterocycles. The molecule has 90 valence electrons. The molecule has 0 spiro atoms. The second kappa shape index (κ2) is 5.12. The molecule has 2 rings (SSSR count). The summed E-state index contributed by atoms with van der Waals surface area (Å²) in [5.41, 5.74) is 0.451. The van der Waals surface area contributed by atoms with Crippen LogP contribution in [0.25, 0.3) is 0 Å². The molecule has 0 aliphatic rings. The second-order valence-corrected chi connectivity index (χ2v) is 5.78. The van der Waals surface area contributed by atoms with Gasteiger partial charge in [-0.15, -0.1) is 0 Å². The fourth-order valence-corrected chi connectivity index (χ4v) is 2.56. The first-order valence-electron chi connectivity index (χ1n) is 4.84. The maximum absolute atomic E-state index is 13.8. The van der Waals surface area contributed by atoms with Gasteiger partial charge in [-0.05, 0) is 47.1 Å². The predicted molar refractivity (Wildman–Crippen MR) is 73.3 cm³/mol. The lowest BCUT2D eigenvalue weighted by molar-refractivity contribution is 0.487. The van der Waals surface area contributed by atoms with Crippen LogP contribution in [0.4, 0.5) is 4.39 Å². The molecule has 0 saturated heterocycles. The van der Waals surface area contributed by atoms with Gasteiger partial charge < -0.3 is 4.42 Å². The average molecular weight is 382 g/mol. The number of alkyl halides is 1. The van der Waals surface area contributed by atoms with E-state index in [0.717, 1.165) is 5.76 Å². The summed E-state index contributed by atoms with van der Waals surface area (Å²) in [4.78, 5) is -0.346. The minimum absolute atomic E-state index is 0.336. The summed E-state index contributed by atoms with van der Waals surface area (Å²) in [5.74, 6) is 1.10. The van der Waals surface area contributed by atoms with Crippen LogP contribution < -0.4 is 0 Å². The molecule has 0 fully saturated rings. The van der Waals surface area contributed by atoms with Gasteiger partial charge in [0.2, 0.25) is 0 Å². The van der Waals surface area contributed by atoms with Crippen molar-refractivity contribution in [3.8, 4) is 0 Å². The predicted octanol–water partition coefficient (Wildman–Crippen LogP) is 5.63. The zero-order valence-electron chi connectivity index (χ0n) is 8.81. The minimum atomic E-state index is -0.346.